The lowest BCUT2D eigenvalue weighted by Gasteiger charge is -2.08. The third-order valence-corrected chi connectivity index (χ3v) is 5.78. The van der Waals surface area contributed by atoms with Crippen LogP contribution in [0.3, 0.4) is 0 Å². The van der Waals surface area contributed by atoms with E-state index in [2.05, 4.69) is 0 Å². The van der Waals surface area contributed by atoms with Gasteiger partial charge < -0.3 is 4.74 Å². The van der Waals surface area contributed by atoms with Crippen LogP contribution in [0.1, 0.15) is 16.7 Å². The van der Waals surface area contributed by atoms with Crippen molar-refractivity contribution in [2.24, 2.45) is 0 Å². The number of hydrogen-bond donors (Lipinski definition) is 0. The van der Waals surface area contributed by atoms with Gasteiger partial charge >= 0.3 is 0 Å². The Bertz CT molecular complexity index is 1140. The number of nitrogens with zero attached hydrogens (tertiary/aromatic N) is 1. The van der Waals surface area contributed by atoms with Crippen LogP contribution in [0.25, 0.3) is 6.08 Å². The molecule has 0 heterocycles. The molecule has 0 unspecified atom stereocenters. The number of aryl methyl sites for hydroxylation is 1. The molecule has 0 atom stereocenters. The third kappa shape index (κ3) is 4.67. The normalized spacial score (nSPS) is 11.6. The molecule has 140 valence electrons. The summed E-state index contributed by atoms with van der Waals surface area (Å²) in [5.74, 6) is 0.602. The number of benzene rings is 3. The molecule has 3 rings (SSSR count). The topological polar surface area (TPSA) is 67.2 Å². The first kappa shape index (κ1) is 19.4. The quantitative estimate of drug-likeness (QED) is 0.562. The summed E-state index contributed by atoms with van der Waals surface area (Å²) in [5.41, 5.74) is 2.78. The van der Waals surface area contributed by atoms with E-state index in [9.17, 15) is 13.7 Å². The SMILES string of the molecule is Cc1cccc(COc2cccc(/C=C(/C#N)S(=O)(=O)c3ccccc3)c2)c1. The molecule has 3 aromatic rings. The molecule has 0 saturated heterocycles. The monoisotopic (exact) mass is 389 g/mol. The summed E-state index contributed by atoms with van der Waals surface area (Å²) >= 11 is 0. The highest BCUT2D eigenvalue weighted by molar-refractivity contribution is 7.95. The van der Waals surface area contributed by atoms with Crippen molar-refractivity contribution in [2.75, 3.05) is 0 Å². The molecule has 0 spiro atoms. The lowest BCUT2D eigenvalue weighted by molar-refractivity contribution is 0.306. The molecule has 4 nitrogen and oxygen atoms in total. The molecule has 3 aromatic carbocycles. The van der Waals surface area contributed by atoms with E-state index in [1.807, 2.05) is 31.2 Å². The maximum absolute atomic E-state index is 12.7. The number of sulfone groups is 1. The Morgan fingerprint density at radius 2 is 1.75 bits per heavy atom. The van der Waals surface area contributed by atoms with Crippen LogP contribution in [0.4, 0.5) is 0 Å². The molecule has 0 aliphatic rings. The van der Waals surface area contributed by atoms with Crippen molar-refractivity contribution in [1.82, 2.24) is 0 Å². The molecule has 0 aliphatic carbocycles. The standard InChI is InChI=1S/C23H19NO3S/c1-18-7-5-9-20(13-18)17-27-21-10-6-8-19(14-21)15-23(16-24)28(25,26)22-11-3-2-4-12-22/h2-15H,17H2,1H3/b23-15-. The molecule has 0 N–H and O–H groups in total. The summed E-state index contributed by atoms with van der Waals surface area (Å²) in [6, 6.07) is 24.8. The van der Waals surface area contributed by atoms with E-state index in [-0.39, 0.29) is 9.80 Å². The summed E-state index contributed by atoms with van der Waals surface area (Å²) in [7, 11) is -3.86. The Labute approximate surface area is 165 Å². The van der Waals surface area contributed by atoms with Gasteiger partial charge in [-0.25, -0.2) is 8.42 Å². The van der Waals surface area contributed by atoms with E-state index in [0.29, 0.717) is 17.9 Å². The van der Waals surface area contributed by atoms with Crippen molar-refractivity contribution in [3.8, 4) is 11.8 Å². The summed E-state index contributed by atoms with van der Waals surface area (Å²) in [6.07, 6.45) is 1.36. The largest absolute Gasteiger partial charge is 0.489 e. The second-order valence-electron chi connectivity index (χ2n) is 6.29. The zero-order chi connectivity index (χ0) is 20.0. The summed E-state index contributed by atoms with van der Waals surface area (Å²) in [4.78, 5) is -0.218. The lowest BCUT2D eigenvalue weighted by Crippen LogP contribution is -2.03. The van der Waals surface area contributed by atoms with Crippen molar-refractivity contribution >= 4 is 15.9 Å². The van der Waals surface area contributed by atoms with Gasteiger partial charge in [0, 0.05) is 0 Å². The number of ether oxygens (including phenoxy) is 1. The van der Waals surface area contributed by atoms with Gasteiger partial charge in [0.05, 0.1) is 4.90 Å². The maximum Gasteiger partial charge on any atom is 0.216 e. The van der Waals surface area contributed by atoms with Crippen molar-refractivity contribution in [1.29, 1.82) is 5.26 Å². The van der Waals surface area contributed by atoms with Crippen molar-refractivity contribution in [3.05, 3.63) is 100 Å². The predicted molar refractivity (Wildman–Crippen MR) is 109 cm³/mol. The lowest BCUT2D eigenvalue weighted by atomic mass is 10.1. The van der Waals surface area contributed by atoms with Crippen LogP contribution in [0.15, 0.2) is 88.7 Å². The van der Waals surface area contributed by atoms with Crippen molar-refractivity contribution in [2.45, 2.75) is 18.4 Å². The van der Waals surface area contributed by atoms with Gasteiger partial charge in [0.1, 0.15) is 23.3 Å². The minimum atomic E-state index is -3.86. The first-order chi connectivity index (χ1) is 13.5. The number of allylic oxidation sites excluding steroid dienone is 1. The fraction of sp³-hybridized carbons (Fsp3) is 0.0870. The van der Waals surface area contributed by atoms with Gasteiger partial charge in [-0.1, -0.05) is 60.2 Å². The zero-order valence-electron chi connectivity index (χ0n) is 15.4. The summed E-state index contributed by atoms with van der Waals surface area (Å²) < 4.78 is 31.2. The van der Waals surface area contributed by atoms with Crippen molar-refractivity contribution < 1.29 is 13.2 Å². The predicted octanol–water partition coefficient (Wildman–Crippen LogP) is 4.91. The van der Waals surface area contributed by atoms with Crippen LogP contribution in [-0.2, 0) is 16.4 Å². The maximum atomic E-state index is 12.7. The van der Waals surface area contributed by atoms with Crippen LogP contribution in [-0.4, -0.2) is 8.42 Å². The van der Waals surface area contributed by atoms with Crippen LogP contribution in [0, 0.1) is 18.3 Å². The van der Waals surface area contributed by atoms with Gasteiger partial charge in [0.25, 0.3) is 0 Å². The Balaban J connectivity index is 1.83. The minimum absolute atomic E-state index is 0.0923. The summed E-state index contributed by atoms with van der Waals surface area (Å²) in [6.45, 7) is 2.42. The molecule has 0 radical (unpaired) electrons. The van der Waals surface area contributed by atoms with E-state index >= 15 is 0 Å². The Morgan fingerprint density at radius 1 is 1.00 bits per heavy atom. The fourth-order valence-corrected chi connectivity index (χ4v) is 3.89. The molecule has 0 aliphatic heterocycles. The van der Waals surface area contributed by atoms with Crippen LogP contribution < -0.4 is 4.74 Å². The molecule has 28 heavy (non-hydrogen) atoms. The molecule has 0 aromatic heterocycles. The molecule has 0 fully saturated rings. The van der Waals surface area contributed by atoms with Gasteiger partial charge in [-0.15, -0.1) is 0 Å². The first-order valence-electron chi connectivity index (χ1n) is 8.69. The highest BCUT2D eigenvalue weighted by Crippen LogP contribution is 2.23. The van der Waals surface area contributed by atoms with Crippen LogP contribution >= 0.6 is 0 Å². The number of nitriles is 1. The molecule has 0 bridgehead atoms. The molecule has 0 saturated carbocycles. The molecular formula is C23H19NO3S. The highest BCUT2D eigenvalue weighted by Gasteiger charge is 2.20. The Morgan fingerprint density at radius 3 is 2.46 bits per heavy atom. The van der Waals surface area contributed by atoms with Gasteiger partial charge in [-0.2, -0.15) is 5.26 Å². The van der Waals surface area contributed by atoms with Gasteiger partial charge in [0.2, 0.25) is 9.84 Å². The van der Waals surface area contributed by atoms with Gasteiger partial charge in [-0.05, 0) is 48.4 Å². The van der Waals surface area contributed by atoms with E-state index < -0.39 is 9.84 Å². The second-order valence-corrected chi connectivity index (χ2v) is 8.21. The Hall–Kier alpha value is -3.36. The average Bonchev–Trinajstić information content (AvgIpc) is 2.71. The van der Waals surface area contributed by atoms with Crippen LogP contribution in [0.2, 0.25) is 0 Å². The van der Waals surface area contributed by atoms with E-state index in [1.54, 1.807) is 48.5 Å². The Kier molecular flexibility index (Phi) is 5.93. The zero-order valence-corrected chi connectivity index (χ0v) is 16.2. The van der Waals surface area contributed by atoms with Gasteiger partial charge in [0.15, 0.2) is 0 Å². The third-order valence-electron chi connectivity index (χ3n) is 4.10. The second kappa shape index (κ2) is 8.55. The number of hydrogen-bond acceptors (Lipinski definition) is 4. The van der Waals surface area contributed by atoms with E-state index in [4.69, 9.17) is 4.74 Å². The first-order valence-corrected chi connectivity index (χ1v) is 10.2. The van der Waals surface area contributed by atoms with E-state index in [0.717, 1.165) is 11.1 Å². The highest BCUT2D eigenvalue weighted by atomic mass is 32.2. The number of rotatable bonds is 6. The molecule has 0 amide bonds. The smallest absolute Gasteiger partial charge is 0.216 e. The van der Waals surface area contributed by atoms with E-state index in [1.165, 1.54) is 18.2 Å². The summed E-state index contributed by atoms with van der Waals surface area (Å²) in [5, 5.41) is 9.40. The van der Waals surface area contributed by atoms with Crippen molar-refractivity contribution in [3.63, 3.8) is 0 Å². The van der Waals surface area contributed by atoms with Gasteiger partial charge in [-0.3, -0.25) is 0 Å². The average molecular weight is 389 g/mol. The minimum Gasteiger partial charge on any atom is -0.489 e. The van der Waals surface area contributed by atoms with Crippen LogP contribution in [0.5, 0.6) is 5.75 Å². The molecular weight excluding hydrogens is 370 g/mol. The fourth-order valence-electron chi connectivity index (χ4n) is 2.71. The molecule has 5 heteroatoms.